The van der Waals surface area contributed by atoms with E-state index in [0.717, 1.165) is 35.4 Å². The zero-order valence-corrected chi connectivity index (χ0v) is 19.5. The number of hydrogen-bond donors (Lipinski definition) is 2. The highest BCUT2D eigenvalue weighted by molar-refractivity contribution is 5.67. The third-order valence-corrected chi connectivity index (χ3v) is 6.87. The fourth-order valence-electron chi connectivity index (χ4n) is 4.92. The summed E-state index contributed by atoms with van der Waals surface area (Å²) in [6, 6.07) is 5.80. The van der Waals surface area contributed by atoms with E-state index in [1.165, 1.54) is 25.7 Å². The molecule has 32 heavy (non-hydrogen) atoms. The molecule has 2 N–H and O–H groups in total. The van der Waals surface area contributed by atoms with E-state index in [0.29, 0.717) is 24.5 Å². The minimum Gasteiger partial charge on any atom is -0.496 e. The van der Waals surface area contributed by atoms with Gasteiger partial charge in [-0.05, 0) is 55.0 Å². The van der Waals surface area contributed by atoms with Gasteiger partial charge in [-0.25, -0.2) is 0 Å². The molecular formula is C26H37NO5. The number of carboxylic acids is 1. The minimum absolute atomic E-state index is 0.0347. The van der Waals surface area contributed by atoms with E-state index in [9.17, 15) is 9.90 Å². The molecule has 1 aliphatic rings. The lowest BCUT2D eigenvalue weighted by Gasteiger charge is -2.26. The van der Waals surface area contributed by atoms with Crippen molar-refractivity contribution in [2.24, 2.45) is 11.8 Å². The lowest BCUT2D eigenvalue weighted by atomic mass is 9.87. The number of aliphatic carboxylic acids is 1. The van der Waals surface area contributed by atoms with Gasteiger partial charge < -0.3 is 24.3 Å². The highest BCUT2D eigenvalue weighted by Gasteiger charge is 2.26. The number of aryl methyl sites for hydroxylation is 1. The Hall–Kier alpha value is -2.47. The van der Waals surface area contributed by atoms with E-state index < -0.39 is 12.1 Å². The number of nitrogens with zero attached hydrogens (tertiary/aromatic N) is 1. The van der Waals surface area contributed by atoms with Crippen LogP contribution in [0, 0.1) is 18.8 Å². The first-order valence-corrected chi connectivity index (χ1v) is 11.7. The van der Waals surface area contributed by atoms with Gasteiger partial charge in [-0.1, -0.05) is 32.1 Å². The Labute approximate surface area is 191 Å². The number of benzene rings is 1. The zero-order valence-electron chi connectivity index (χ0n) is 19.5. The van der Waals surface area contributed by atoms with Crippen LogP contribution < -0.4 is 9.47 Å². The summed E-state index contributed by atoms with van der Waals surface area (Å²) < 4.78 is 13.1. The number of methoxy groups -OCH3 is 2. The van der Waals surface area contributed by atoms with Crippen molar-refractivity contribution in [3.8, 4) is 11.5 Å². The Morgan fingerprint density at radius 2 is 1.84 bits per heavy atom. The molecule has 0 spiro atoms. The van der Waals surface area contributed by atoms with E-state index in [1.807, 2.05) is 37.5 Å². The fourth-order valence-corrected chi connectivity index (χ4v) is 4.92. The molecule has 1 aliphatic carbocycles. The molecule has 1 fully saturated rings. The number of rotatable bonds is 12. The van der Waals surface area contributed by atoms with Gasteiger partial charge in [-0.3, -0.25) is 4.79 Å². The summed E-state index contributed by atoms with van der Waals surface area (Å²) in [6.07, 6.45) is 11.3. The van der Waals surface area contributed by atoms with Crippen molar-refractivity contribution >= 4 is 5.97 Å². The largest absolute Gasteiger partial charge is 0.496 e. The molecule has 0 aliphatic heterocycles. The zero-order chi connectivity index (χ0) is 23.1. The second-order valence-electron chi connectivity index (χ2n) is 9.09. The Morgan fingerprint density at radius 1 is 1.19 bits per heavy atom. The molecule has 2 atom stereocenters. The third-order valence-electron chi connectivity index (χ3n) is 6.87. The van der Waals surface area contributed by atoms with Gasteiger partial charge in [0.1, 0.15) is 11.5 Å². The highest BCUT2D eigenvalue weighted by Crippen LogP contribution is 2.38. The van der Waals surface area contributed by atoms with E-state index in [4.69, 9.17) is 14.6 Å². The van der Waals surface area contributed by atoms with Crippen molar-refractivity contribution in [3.05, 3.63) is 47.3 Å². The molecule has 1 aromatic carbocycles. The number of hydrogen-bond acceptors (Lipinski definition) is 4. The van der Waals surface area contributed by atoms with Crippen LogP contribution in [0.15, 0.2) is 30.6 Å². The maximum Gasteiger partial charge on any atom is 0.303 e. The van der Waals surface area contributed by atoms with E-state index in [1.54, 1.807) is 14.2 Å². The average Bonchev–Trinajstić information content (AvgIpc) is 3.47. The molecule has 1 saturated carbocycles. The maximum absolute atomic E-state index is 11.4. The maximum atomic E-state index is 11.4. The third kappa shape index (κ3) is 6.28. The van der Waals surface area contributed by atoms with Crippen LogP contribution in [0.4, 0.5) is 0 Å². The van der Waals surface area contributed by atoms with Crippen molar-refractivity contribution in [2.45, 2.75) is 70.9 Å². The second kappa shape index (κ2) is 11.4. The summed E-state index contributed by atoms with van der Waals surface area (Å²) in [7, 11) is 3.27. The van der Waals surface area contributed by atoms with Crippen molar-refractivity contribution in [1.82, 2.24) is 4.57 Å². The van der Waals surface area contributed by atoms with Crippen LogP contribution in [0.5, 0.6) is 11.5 Å². The van der Waals surface area contributed by atoms with Crippen LogP contribution >= 0.6 is 0 Å². The Kier molecular flexibility index (Phi) is 8.62. The first kappa shape index (κ1) is 24.2. The van der Waals surface area contributed by atoms with Crippen LogP contribution in [0.3, 0.4) is 0 Å². The molecule has 0 unspecified atom stereocenters. The highest BCUT2D eigenvalue weighted by atomic mass is 16.5. The number of carbonyl (C=O) groups is 1. The van der Waals surface area contributed by atoms with Crippen LogP contribution in [0.1, 0.15) is 67.7 Å². The Balaban J connectivity index is 1.79. The van der Waals surface area contributed by atoms with Crippen molar-refractivity contribution in [3.63, 3.8) is 0 Å². The standard InChI is InChI=1S/C26H37NO5/c1-18-23(31-2)14-22(15-24(18)32-3)26(30)21(10-8-19-6-4-5-7-19)17-27-13-12-20(16-27)9-11-25(28)29/h12-16,19,21,26,30H,4-11,17H2,1-3H3,(H,28,29)/t21-,26-/m0/s1. The van der Waals surface area contributed by atoms with Gasteiger partial charge in [0, 0.05) is 36.8 Å². The lowest BCUT2D eigenvalue weighted by molar-refractivity contribution is -0.136. The van der Waals surface area contributed by atoms with Crippen LogP contribution in [-0.4, -0.2) is 35.0 Å². The van der Waals surface area contributed by atoms with Crippen LogP contribution in [-0.2, 0) is 17.8 Å². The van der Waals surface area contributed by atoms with Crippen molar-refractivity contribution in [2.75, 3.05) is 14.2 Å². The number of aliphatic hydroxyl groups is 1. The SMILES string of the molecule is COc1cc([C@@H](O)[C@@H](CCC2CCCC2)Cn2ccc(CCC(=O)O)c2)cc(OC)c1C. The van der Waals surface area contributed by atoms with Crippen LogP contribution in [0.2, 0.25) is 0 Å². The van der Waals surface area contributed by atoms with Gasteiger partial charge in [-0.2, -0.15) is 0 Å². The van der Waals surface area contributed by atoms with Gasteiger partial charge in [0.2, 0.25) is 0 Å². The molecule has 0 radical (unpaired) electrons. The molecule has 0 amide bonds. The topological polar surface area (TPSA) is 80.9 Å². The molecular weight excluding hydrogens is 406 g/mol. The molecule has 3 rings (SSSR count). The second-order valence-corrected chi connectivity index (χ2v) is 9.09. The molecule has 6 nitrogen and oxygen atoms in total. The quantitative estimate of drug-likeness (QED) is 0.474. The minimum atomic E-state index is -0.787. The summed E-state index contributed by atoms with van der Waals surface area (Å²) in [5.41, 5.74) is 2.73. The summed E-state index contributed by atoms with van der Waals surface area (Å²) in [6.45, 7) is 2.63. The number of aliphatic hydroxyl groups excluding tert-OH is 1. The fraction of sp³-hybridized carbons (Fsp3) is 0.577. The van der Waals surface area contributed by atoms with Gasteiger partial charge in [0.25, 0.3) is 0 Å². The van der Waals surface area contributed by atoms with Crippen molar-refractivity contribution in [1.29, 1.82) is 0 Å². The van der Waals surface area contributed by atoms with Gasteiger partial charge >= 0.3 is 5.97 Å². The predicted octanol–water partition coefficient (Wildman–Crippen LogP) is 5.15. The average molecular weight is 444 g/mol. The molecule has 2 aromatic rings. The number of ether oxygens (including phenoxy) is 2. The van der Waals surface area contributed by atoms with E-state index in [-0.39, 0.29) is 12.3 Å². The smallest absolute Gasteiger partial charge is 0.303 e. The first-order chi connectivity index (χ1) is 15.4. The molecule has 1 aromatic heterocycles. The molecule has 0 bridgehead atoms. The molecule has 6 heteroatoms. The summed E-state index contributed by atoms with van der Waals surface area (Å²) in [5.74, 6) is 1.43. The van der Waals surface area contributed by atoms with Gasteiger partial charge in [0.05, 0.1) is 20.3 Å². The Bertz CT molecular complexity index is 859. The van der Waals surface area contributed by atoms with E-state index >= 15 is 0 Å². The van der Waals surface area contributed by atoms with Gasteiger partial charge in [0.15, 0.2) is 0 Å². The summed E-state index contributed by atoms with van der Waals surface area (Å²) in [5, 5.41) is 20.4. The number of aromatic nitrogens is 1. The normalized spacial score (nSPS) is 16.1. The van der Waals surface area contributed by atoms with E-state index in [2.05, 4.69) is 4.57 Å². The predicted molar refractivity (Wildman–Crippen MR) is 124 cm³/mol. The summed E-state index contributed by atoms with van der Waals surface area (Å²) >= 11 is 0. The number of carboxylic acid groups (broad SMARTS) is 1. The lowest BCUT2D eigenvalue weighted by Crippen LogP contribution is -2.20. The Morgan fingerprint density at radius 3 is 2.44 bits per heavy atom. The first-order valence-electron chi connectivity index (χ1n) is 11.7. The monoisotopic (exact) mass is 443 g/mol. The van der Waals surface area contributed by atoms with Gasteiger partial charge in [-0.15, -0.1) is 0 Å². The molecule has 0 saturated heterocycles. The molecule has 1 heterocycles. The van der Waals surface area contributed by atoms with Crippen molar-refractivity contribution < 1.29 is 24.5 Å². The summed E-state index contributed by atoms with van der Waals surface area (Å²) in [4.78, 5) is 10.9. The van der Waals surface area contributed by atoms with Crippen LogP contribution in [0.25, 0.3) is 0 Å². The molecule has 176 valence electrons.